The molecule has 0 aliphatic carbocycles. The molecule has 0 saturated carbocycles. The zero-order valence-electron chi connectivity index (χ0n) is 13.8. The van der Waals surface area contributed by atoms with Crippen molar-refractivity contribution in [1.82, 2.24) is 9.80 Å². The topological polar surface area (TPSA) is 15.7 Å². The fraction of sp³-hybridized carbons (Fsp3) is 0.700. The second-order valence-electron chi connectivity index (χ2n) is 6.73. The number of piperidine rings is 2. The van der Waals surface area contributed by atoms with Crippen molar-refractivity contribution >= 4 is 0 Å². The zero-order chi connectivity index (χ0) is 15.0. The van der Waals surface area contributed by atoms with Crippen LogP contribution in [0.4, 0.5) is 0 Å². The lowest BCUT2D eigenvalue weighted by molar-refractivity contribution is 0.183. The van der Waals surface area contributed by atoms with Gasteiger partial charge in [-0.15, -0.1) is 0 Å². The third-order valence-corrected chi connectivity index (χ3v) is 4.90. The SMILES string of the molecule is C.c1cc(OCCN2CCCCC2)ccc1CN1CCCCC1. The average molecular weight is 319 g/mol. The lowest BCUT2D eigenvalue weighted by Crippen LogP contribution is -2.33. The molecule has 0 aromatic heterocycles. The fourth-order valence-electron chi connectivity index (χ4n) is 3.54. The summed E-state index contributed by atoms with van der Waals surface area (Å²) >= 11 is 0. The van der Waals surface area contributed by atoms with E-state index < -0.39 is 0 Å². The third-order valence-electron chi connectivity index (χ3n) is 4.90. The van der Waals surface area contributed by atoms with E-state index in [1.54, 1.807) is 0 Å². The van der Waals surface area contributed by atoms with E-state index in [-0.39, 0.29) is 7.43 Å². The minimum atomic E-state index is 0. The van der Waals surface area contributed by atoms with Crippen LogP contribution in [0, 0.1) is 0 Å². The molecule has 3 heteroatoms. The number of hydrogen-bond donors (Lipinski definition) is 0. The summed E-state index contributed by atoms with van der Waals surface area (Å²) in [5, 5.41) is 0. The van der Waals surface area contributed by atoms with Gasteiger partial charge in [0.2, 0.25) is 0 Å². The molecule has 1 aromatic rings. The zero-order valence-corrected chi connectivity index (χ0v) is 13.8. The van der Waals surface area contributed by atoms with Crippen LogP contribution >= 0.6 is 0 Å². The molecular weight excluding hydrogens is 284 g/mol. The first-order valence-corrected chi connectivity index (χ1v) is 9.07. The van der Waals surface area contributed by atoms with E-state index in [0.717, 1.165) is 25.4 Å². The Morgan fingerprint density at radius 1 is 0.739 bits per heavy atom. The summed E-state index contributed by atoms with van der Waals surface area (Å²) in [6.07, 6.45) is 8.22. The van der Waals surface area contributed by atoms with Crippen molar-refractivity contribution in [3.05, 3.63) is 29.8 Å². The van der Waals surface area contributed by atoms with E-state index in [1.165, 1.54) is 70.3 Å². The first-order valence-electron chi connectivity index (χ1n) is 9.07. The Morgan fingerprint density at radius 3 is 1.91 bits per heavy atom. The van der Waals surface area contributed by atoms with Crippen molar-refractivity contribution in [3.63, 3.8) is 0 Å². The van der Waals surface area contributed by atoms with Crippen LogP contribution in [0.2, 0.25) is 0 Å². The monoisotopic (exact) mass is 318 g/mol. The number of rotatable bonds is 6. The Kier molecular flexibility index (Phi) is 7.90. The number of ether oxygens (including phenoxy) is 1. The molecule has 0 spiro atoms. The van der Waals surface area contributed by atoms with Crippen molar-refractivity contribution in [3.8, 4) is 5.75 Å². The van der Waals surface area contributed by atoms with Crippen molar-refractivity contribution in [2.75, 3.05) is 39.3 Å². The van der Waals surface area contributed by atoms with Crippen LogP contribution in [0.1, 0.15) is 51.5 Å². The predicted molar refractivity (Wildman–Crippen MR) is 98.1 cm³/mol. The molecule has 2 aliphatic rings. The van der Waals surface area contributed by atoms with Gasteiger partial charge in [0.25, 0.3) is 0 Å². The highest BCUT2D eigenvalue weighted by Crippen LogP contribution is 2.16. The van der Waals surface area contributed by atoms with Crippen LogP contribution in [0.25, 0.3) is 0 Å². The first kappa shape index (κ1) is 18.3. The maximum absolute atomic E-state index is 5.90. The van der Waals surface area contributed by atoms with Crippen molar-refractivity contribution in [1.29, 1.82) is 0 Å². The maximum atomic E-state index is 5.90. The summed E-state index contributed by atoms with van der Waals surface area (Å²) in [5.41, 5.74) is 1.41. The quantitative estimate of drug-likeness (QED) is 0.783. The molecule has 0 amide bonds. The highest BCUT2D eigenvalue weighted by atomic mass is 16.5. The van der Waals surface area contributed by atoms with Gasteiger partial charge in [0.15, 0.2) is 0 Å². The highest BCUT2D eigenvalue weighted by Gasteiger charge is 2.11. The van der Waals surface area contributed by atoms with Crippen molar-refractivity contribution in [2.24, 2.45) is 0 Å². The minimum absolute atomic E-state index is 0. The lowest BCUT2D eigenvalue weighted by atomic mass is 10.1. The minimum Gasteiger partial charge on any atom is -0.492 e. The molecule has 0 unspecified atom stereocenters. The fourth-order valence-corrected chi connectivity index (χ4v) is 3.54. The number of benzene rings is 1. The van der Waals surface area contributed by atoms with Crippen LogP contribution in [0.5, 0.6) is 5.75 Å². The summed E-state index contributed by atoms with van der Waals surface area (Å²) < 4.78 is 5.90. The Bertz CT molecular complexity index is 420. The second kappa shape index (κ2) is 9.94. The summed E-state index contributed by atoms with van der Waals surface area (Å²) in [5.74, 6) is 1.01. The largest absolute Gasteiger partial charge is 0.492 e. The third kappa shape index (κ3) is 6.15. The summed E-state index contributed by atoms with van der Waals surface area (Å²) in [6.45, 7) is 7.98. The van der Waals surface area contributed by atoms with Crippen LogP contribution in [0.3, 0.4) is 0 Å². The standard InChI is InChI=1S/C19H30N2O.CH4/c1-3-11-20(12-4-1)15-16-22-19-9-7-18(8-10-19)17-21-13-5-2-6-14-21;/h7-10H,1-6,11-17H2;1H4. The van der Waals surface area contributed by atoms with Gasteiger partial charge < -0.3 is 4.74 Å². The molecule has 1 aromatic carbocycles. The average Bonchev–Trinajstić information content (AvgIpc) is 2.58. The van der Waals surface area contributed by atoms with E-state index in [1.807, 2.05) is 0 Å². The van der Waals surface area contributed by atoms with Gasteiger partial charge in [0.1, 0.15) is 12.4 Å². The molecule has 0 atom stereocenters. The number of likely N-dealkylation sites (tertiary alicyclic amines) is 2. The molecule has 2 fully saturated rings. The molecule has 2 heterocycles. The van der Waals surface area contributed by atoms with Crippen LogP contribution in [-0.4, -0.2) is 49.1 Å². The Morgan fingerprint density at radius 2 is 1.30 bits per heavy atom. The Labute approximate surface area is 142 Å². The Balaban J connectivity index is 0.00000192. The van der Waals surface area contributed by atoms with Crippen LogP contribution < -0.4 is 4.74 Å². The van der Waals surface area contributed by atoms with Gasteiger partial charge in [-0.05, 0) is 69.6 Å². The van der Waals surface area contributed by atoms with Crippen molar-refractivity contribution in [2.45, 2.75) is 52.5 Å². The molecular formula is C20H34N2O. The second-order valence-corrected chi connectivity index (χ2v) is 6.73. The lowest BCUT2D eigenvalue weighted by Gasteiger charge is -2.26. The van der Waals surface area contributed by atoms with Gasteiger partial charge in [-0.1, -0.05) is 32.4 Å². The highest BCUT2D eigenvalue weighted by molar-refractivity contribution is 5.27. The van der Waals surface area contributed by atoms with Gasteiger partial charge in [-0.2, -0.15) is 0 Å². The smallest absolute Gasteiger partial charge is 0.119 e. The molecule has 130 valence electrons. The summed E-state index contributed by atoms with van der Waals surface area (Å²) in [6, 6.07) is 8.72. The molecule has 2 aliphatic heterocycles. The molecule has 0 N–H and O–H groups in total. The first-order chi connectivity index (χ1) is 10.9. The molecule has 0 bridgehead atoms. The summed E-state index contributed by atoms with van der Waals surface area (Å²) in [4.78, 5) is 5.09. The molecule has 3 nitrogen and oxygen atoms in total. The van der Waals surface area contributed by atoms with Crippen LogP contribution in [-0.2, 0) is 6.54 Å². The Hall–Kier alpha value is -1.06. The van der Waals surface area contributed by atoms with Crippen molar-refractivity contribution < 1.29 is 4.74 Å². The van der Waals surface area contributed by atoms with E-state index in [2.05, 4.69) is 34.1 Å². The van der Waals surface area contributed by atoms with E-state index in [4.69, 9.17) is 4.74 Å². The van der Waals surface area contributed by atoms with E-state index >= 15 is 0 Å². The van der Waals surface area contributed by atoms with E-state index in [0.29, 0.717) is 0 Å². The molecule has 0 radical (unpaired) electrons. The van der Waals surface area contributed by atoms with Gasteiger partial charge in [0, 0.05) is 13.1 Å². The number of hydrogen-bond acceptors (Lipinski definition) is 3. The number of nitrogens with zero attached hydrogens (tertiary/aromatic N) is 2. The molecule has 2 saturated heterocycles. The van der Waals surface area contributed by atoms with Gasteiger partial charge in [-0.25, -0.2) is 0 Å². The van der Waals surface area contributed by atoms with Crippen LogP contribution in [0.15, 0.2) is 24.3 Å². The van der Waals surface area contributed by atoms with Gasteiger partial charge >= 0.3 is 0 Å². The summed E-state index contributed by atoms with van der Waals surface area (Å²) in [7, 11) is 0. The van der Waals surface area contributed by atoms with E-state index in [9.17, 15) is 0 Å². The molecule has 3 rings (SSSR count). The van der Waals surface area contributed by atoms with Gasteiger partial charge in [0.05, 0.1) is 0 Å². The predicted octanol–water partition coefficient (Wildman–Crippen LogP) is 4.17. The van der Waals surface area contributed by atoms with Gasteiger partial charge in [-0.3, -0.25) is 9.80 Å². The normalized spacial score (nSPS) is 20.0. The molecule has 23 heavy (non-hydrogen) atoms. The maximum Gasteiger partial charge on any atom is 0.119 e.